The minimum Gasteiger partial charge on any atom is -0.481 e. The van der Waals surface area contributed by atoms with Crippen LogP contribution in [-0.2, 0) is 4.79 Å². The number of pyridine rings is 1. The molecule has 4 rings (SSSR count). The van der Waals surface area contributed by atoms with Crippen molar-refractivity contribution in [2.75, 3.05) is 33.3 Å². The number of nitrogens with zero attached hydrogens (tertiary/aromatic N) is 5. The first kappa shape index (κ1) is 22.9. The lowest BCUT2D eigenvalue weighted by molar-refractivity contribution is -0.126. The molecule has 1 aromatic carbocycles. The highest BCUT2D eigenvalue weighted by Gasteiger charge is 2.32. The first-order valence-electron chi connectivity index (χ1n) is 10.9. The first-order valence-corrected chi connectivity index (χ1v) is 11.3. The Morgan fingerprint density at radius 3 is 2.70 bits per heavy atom. The second-order valence-electron chi connectivity index (χ2n) is 8.10. The molecule has 1 saturated heterocycles. The quantitative estimate of drug-likeness (QED) is 0.691. The van der Waals surface area contributed by atoms with Gasteiger partial charge >= 0.3 is 0 Å². The molecule has 2 aromatic rings. The summed E-state index contributed by atoms with van der Waals surface area (Å²) in [5, 5.41) is 0.674. The van der Waals surface area contributed by atoms with E-state index >= 15 is 0 Å². The molecule has 0 bridgehead atoms. The average Bonchev–Trinajstić information content (AvgIpc) is 3.09. The van der Waals surface area contributed by atoms with Gasteiger partial charge in [-0.3, -0.25) is 14.6 Å². The van der Waals surface area contributed by atoms with Crippen LogP contribution in [0.3, 0.4) is 0 Å². The number of carbonyl (C=O) groups is 2. The highest BCUT2D eigenvalue weighted by molar-refractivity contribution is 6.39. The summed E-state index contributed by atoms with van der Waals surface area (Å²) < 4.78 is 5.12. The van der Waals surface area contributed by atoms with Crippen LogP contribution < -0.4 is 4.74 Å². The molecule has 172 valence electrons. The van der Waals surface area contributed by atoms with Gasteiger partial charge < -0.3 is 14.5 Å². The highest BCUT2D eigenvalue weighted by atomic mass is 35.5. The van der Waals surface area contributed by atoms with E-state index in [4.69, 9.17) is 16.3 Å². The lowest BCUT2D eigenvalue weighted by Crippen LogP contribution is -2.56. The van der Waals surface area contributed by atoms with Crippen LogP contribution in [0, 0.1) is 0 Å². The number of amidine groups is 1. The van der Waals surface area contributed by atoms with E-state index in [2.05, 4.69) is 15.0 Å². The van der Waals surface area contributed by atoms with Crippen LogP contribution in [-0.4, -0.2) is 78.0 Å². The fourth-order valence-corrected chi connectivity index (χ4v) is 4.28. The van der Waals surface area contributed by atoms with E-state index in [1.165, 1.54) is 7.11 Å². The zero-order valence-corrected chi connectivity index (χ0v) is 19.4. The standard InChI is InChI=1S/C24H26ClN5O3/c1-16-15-29(11-12-30(16)23(31)20-7-4-8-21(28-20)33-2)24(32)22-26-10-9-18(14-27-22)17-5-3-6-19(25)13-17/h3-8,13-14,16,18H,9-12,15H2,1-2H3/t16-,18?/m1/s1. The molecule has 0 spiro atoms. The molecule has 0 saturated carbocycles. The van der Waals surface area contributed by atoms with Crippen LogP contribution in [0.2, 0.25) is 5.02 Å². The third-order valence-electron chi connectivity index (χ3n) is 5.87. The van der Waals surface area contributed by atoms with Gasteiger partial charge in [-0.05, 0) is 37.1 Å². The summed E-state index contributed by atoms with van der Waals surface area (Å²) in [6.07, 6.45) is 2.54. The Hall–Kier alpha value is -3.26. The van der Waals surface area contributed by atoms with E-state index in [0.717, 1.165) is 12.0 Å². The molecule has 0 aliphatic carbocycles. The van der Waals surface area contributed by atoms with Crippen LogP contribution in [0.25, 0.3) is 0 Å². The number of piperazine rings is 1. The van der Waals surface area contributed by atoms with Gasteiger partial charge in [-0.15, -0.1) is 0 Å². The molecule has 9 heteroatoms. The van der Waals surface area contributed by atoms with Gasteiger partial charge in [0.2, 0.25) is 11.7 Å². The lowest BCUT2D eigenvalue weighted by Gasteiger charge is -2.39. The van der Waals surface area contributed by atoms with Crippen LogP contribution in [0.1, 0.15) is 35.3 Å². The van der Waals surface area contributed by atoms with Crippen molar-refractivity contribution in [3.63, 3.8) is 0 Å². The normalized spacial score (nSPS) is 20.8. The Kier molecular flexibility index (Phi) is 7.03. The molecule has 0 radical (unpaired) electrons. The number of ether oxygens (including phenoxy) is 1. The SMILES string of the molecule is COc1cccc(C(=O)N2CCN(C(=O)C3=NCCC(c4cccc(Cl)c4)C=N3)C[C@H]2C)n1. The predicted molar refractivity (Wildman–Crippen MR) is 127 cm³/mol. The summed E-state index contributed by atoms with van der Waals surface area (Å²) in [5.74, 6) is 0.268. The van der Waals surface area contributed by atoms with E-state index < -0.39 is 0 Å². The van der Waals surface area contributed by atoms with Gasteiger partial charge in [0.15, 0.2) is 0 Å². The zero-order chi connectivity index (χ0) is 23.4. The smallest absolute Gasteiger partial charge is 0.291 e. The molecule has 2 aliphatic heterocycles. The number of hydrogen-bond donors (Lipinski definition) is 0. The second kappa shape index (κ2) is 10.1. The van der Waals surface area contributed by atoms with Crippen molar-refractivity contribution >= 4 is 35.5 Å². The van der Waals surface area contributed by atoms with Gasteiger partial charge in [0.25, 0.3) is 11.8 Å². The molecule has 2 amide bonds. The molecule has 0 N–H and O–H groups in total. The number of methoxy groups -OCH3 is 1. The number of aliphatic imine (C=N–C) groups is 2. The topological polar surface area (TPSA) is 87.5 Å². The van der Waals surface area contributed by atoms with E-state index in [1.54, 1.807) is 34.2 Å². The Balaban J connectivity index is 1.40. The monoisotopic (exact) mass is 467 g/mol. The molecule has 1 unspecified atom stereocenters. The van der Waals surface area contributed by atoms with Crippen molar-refractivity contribution < 1.29 is 14.3 Å². The average molecular weight is 468 g/mol. The maximum absolute atomic E-state index is 13.1. The number of rotatable bonds is 4. The molecule has 1 fully saturated rings. The number of benzene rings is 1. The van der Waals surface area contributed by atoms with Gasteiger partial charge in [0.05, 0.1) is 7.11 Å². The van der Waals surface area contributed by atoms with Crippen LogP contribution in [0.5, 0.6) is 5.88 Å². The molecular weight excluding hydrogens is 442 g/mol. The molecule has 33 heavy (non-hydrogen) atoms. The van der Waals surface area contributed by atoms with E-state index in [1.807, 2.05) is 31.2 Å². The van der Waals surface area contributed by atoms with E-state index in [-0.39, 0.29) is 29.6 Å². The molecule has 2 aliphatic rings. The summed E-state index contributed by atoms with van der Waals surface area (Å²) in [4.78, 5) is 42.6. The molecule has 2 atom stereocenters. The highest BCUT2D eigenvalue weighted by Crippen LogP contribution is 2.23. The van der Waals surface area contributed by atoms with Gasteiger partial charge in [0.1, 0.15) is 5.69 Å². The molecule has 3 heterocycles. The van der Waals surface area contributed by atoms with E-state index in [0.29, 0.717) is 42.8 Å². The summed E-state index contributed by atoms with van der Waals surface area (Å²) >= 11 is 6.12. The van der Waals surface area contributed by atoms with Crippen molar-refractivity contribution in [3.05, 3.63) is 58.7 Å². The van der Waals surface area contributed by atoms with Crippen molar-refractivity contribution in [1.29, 1.82) is 0 Å². The number of hydrogen-bond acceptors (Lipinski definition) is 6. The third kappa shape index (κ3) is 5.22. The van der Waals surface area contributed by atoms with Gasteiger partial charge in [-0.25, -0.2) is 9.98 Å². The van der Waals surface area contributed by atoms with Gasteiger partial charge in [0, 0.05) is 55.4 Å². The van der Waals surface area contributed by atoms with Gasteiger partial charge in [-0.2, -0.15) is 0 Å². The zero-order valence-electron chi connectivity index (χ0n) is 18.6. The Morgan fingerprint density at radius 2 is 1.94 bits per heavy atom. The van der Waals surface area contributed by atoms with Crippen molar-refractivity contribution in [3.8, 4) is 5.88 Å². The summed E-state index contributed by atoms with van der Waals surface area (Å²) in [6, 6.07) is 12.6. The Bertz CT molecular complexity index is 1100. The number of aromatic nitrogens is 1. The molecule has 8 nitrogen and oxygen atoms in total. The largest absolute Gasteiger partial charge is 0.481 e. The number of halogens is 1. The molecule has 1 aromatic heterocycles. The maximum atomic E-state index is 13.1. The summed E-state index contributed by atoms with van der Waals surface area (Å²) in [6.45, 7) is 3.65. The first-order chi connectivity index (χ1) is 16.0. The third-order valence-corrected chi connectivity index (χ3v) is 6.11. The maximum Gasteiger partial charge on any atom is 0.291 e. The minimum absolute atomic E-state index is 0.0570. The second-order valence-corrected chi connectivity index (χ2v) is 8.53. The van der Waals surface area contributed by atoms with E-state index in [9.17, 15) is 9.59 Å². The summed E-state index contributed by atoms with van der Waals surface area (Å²) in [7, 11) is 1.51. The number of carbonyl (C=O) groups excluding carboxylic acids is 2. The van der Waals surface area contributed by atoms with Crippen molar-refractivity contribution in [1.82, 2.24) is 14.8 Å². The Morgan fingerprint density at radius 1 is 1.12 bits per heavy atom. The van der Waals surface area contributed by atoms with Crippen molar-refractivity contribution in [2.24, 2.45) is 9.98 Å². The Labute approximate surface area is 197 Å². The minimum atomic E-state index is -0.212. The van der Waals surface area contributed by atoms with Crippen LogP contribution >= 0.6 is 11.6 Å². The predicted octanol–water partition coefficient (Wildman–Crippen LogP) is 3.07. The van der Waals surface area contributed by atoms with Gasteiger partial charge in [-0.1, -0.05) is 29.8 Å². The van der Waals surface area contributed by atoms with Crippen LogP contribution in [0.15, 0.2) is 52.4 Å². The fraction of sp³-hybridized carbons (Fsp3) is 0.375. The van der Waals surface area contributed by atoms with Crippen LogP contribution in [0.4, 0.5) is 0 Å². The van der Waals surface area contributed by atoms with Crippen molar-refractivity contribution in [2.45, 2.75) is 25.3 Å². The number of amides is 2. The fourth-order valence-electron chi connectivity index (χ4n) is 4.08. The summed E-state index contributed by atoms with van der Waals surface area (Å²) in [5.41, 5.74) is 1.38. The lowest BCUT2D eigenvalue weighted by atomic mass is 9.97. The molecular formula is C24H26ClN5O3.